The van der Waals surface area contributed by atoms with Crippen molar-refractivity contribution in [2.24, 2.45) is 5.92 Å². The summed E-state index contributed by atoms with van der Waals surface area (Å²) in [4.78, 5) is 4.05. The van der Waals surface area contributed by atoms with Gasteiger partial charge in [0, 0.05) is 18.1 Å². The van der Waals surface area contributed by atoms with Gasteiger partial charge in [-0.05, 0) is 18.8 Å². The topological polar surface area (TPSA) is 63.8 Å². The first-order chi connectivity index (χ1) is 6.34. The van der Waals surface area contributed by atoms with Gasteiger partial charge < -0.3 is 11.1 Å². The van der Waals surface area contributed by atoms with Crippen LogP contribution in [-0.4, -0.2) is 15.9 Å². The van der Waals surface area contributed by atoms with Gasteiger partial charge in [-0.15, -0.1) is 0 Å². The summed E-state index contributed by atoms with van der Waals surface area (Å²) in [6.07, 6.45) is 5.46. The van der Waals surface area contributed by atoms with Gasteiger partial charge in [-0.1, -0.05) is 12.8 Å². The van der Waals surface area contributed by atoms with Gasteiger partial charge in [-0.2, -0.15) is 9.36 Å². The number of nitrogens with one attached hydrogen (secondary N) is 1. The van der Waals surface area contributed by atoms with E-state index in [2.05, 4.69) is 14.7 Å². The second kappa shape index (κ2) is 3.91. The van der Waals surface area contributed by atoms with Gasteiger partial charge in [0.1, 0.15) is 0 Å². The molecule has 0 bridgehead atoms. The van der Waals surface area contributed by atoms with E-state index >= 15 is 0 Å². The first-order valence-electron chi connectivity index (χ1n) is 4.67. The van der Waals surface area contributed by atoms with E-state index in [4.69, 9.17) is 5.73 Å². The number of nitrogen functional groups attached to an aromatic ring is 1. The van der Waals surface area contributed by atoms with E-state index in [9.17, 15) is 0 Å². The molecule has 0 atom stereocenters. The molecule has 0 saturated heterocycles. The average Bonchev–Trinajstić information content (AvgIpc) is 2.71. The van der Waals surface area contributed by atoms with Crippen molar-refractivity contribution >= 4 is 22.6 Å². The molecule has 2 rings (SSSR count). The third-order valence-corrected chi connectivity index (χ3v) is 3.15. The van der Waals surface area contributed by atoms with Crippen molar-refractivity contribution in [2.75, 3.05) is 17.6 Å². The number of hydrogen-bond donors (Lipinski definition) is 2. The Hall–Kier alpha value is -0.840. The molecule has 13 heavy (non-hydrogen) atoms. The van der Waals surface area contributed by atoms with Crippen LogP contribution in [0.1, 0.15) is 25.7 Å². The number of rotatable bonds is 3. The van der Waals surface area contributed by atoms with Gasteiger partial charge in [0.05, 0.1) is 0 Å². The summed E-state index contributed by atoms with van der Waals surface area (Å²) in [6, 6.07) is 0. The fourth-order valence-electron chi connectivity index (χ4n) is 1.75. The largest absolute Gasteiger partial charge is 0.367 e. The van der Waals surface area contributed by atoms with Crippen LogP contribution in [0.3, 0.4) is 0 Å². The fraction of sp³-hybridized carbons (Fsp3) is 0.750. The van der Waals surface area contributed by atoms with E-state index in [0.717, 1.165) is 17.6 Å². The lowest BCUT2D eigenvalue weighted by Gasteiger charge is -2.07. The maximum atomic E-state index is 5.41. The standard InChI is InChI=1S/C8H14N4S/c9-7-11-8(13-12-7)10-5-6-3-1-2-4-6/h6H,1-5H2,(H3,9,10,11,12). The Morgan fingerprint density at radius 1 is 1.46 bits per heavy atom. The molecule has 0 radical (unpaired) electrons. The molecule has 1 aliphatic rings. The molecule has 1 fully saturated rings. The van der Waals surface area contributed by atoms with Crippen LogP contribution < -0.4 is 11.1 Å². The van der Waals surface area contributed by atoms with E-state index in [1.165, 1.54) is 37.2 Å². The molecular formula is C8H14N4S. The van der Waals surface area contributed by atoms with Crippen molar-refractivity contribution in [1.82, 2.24) is 9.36 Å². The van der Waals surface area contributed by atoms with Crippen LogP contribution in [0, 0.1) is 5.92 Å². The number of nitrogens with zero attached hydrogens (tertiary/aromatic N) is 2. The quantitative estimate of drug-likeness (QED) is 0.776. The predicted octanol–water partition coefficient (Wildman–Crippen LogP) is 1.72. The molecule has 1 heterocycles. The second-order valence-corrected chi connectivity index (χ2v) is 4.24. The van der Waals surface area contributed by atoms with Crippen molar-refractivity contribution in [2.45, 2.75) is 25.7 Å². The number of anilines is 2. The SMILES string of the molecule is Nc1nsc(NCC2CCCC2)n1. The van der Waals surface area contributed by atoms with Crippen molar-refractivity contribution in [3.63, 3.8) is 0 Å². The van der Waals surface area contributed by atoms with E-state index < -0.39 is 0 Å². The summed E-state index contributed by atoms with van der Waals surface area (Å²) >= 11 is 1.34. The molecule has 0 amide bonds. The Labute approximate surface area is 81.7 Å². The normalized spacial score (nSPS) is 17.8. The number of nitrogens with two attached hydrogens (primary N) is 1. The summed E-state index contributed by atoms with van der Waals surface area (Å²) in [6.45, 7) is 1.02. The van der Waals surface area contributed by atoms with E-state index in [1.807, 2.05) is 0 Å². The maximum absolute atomic E-state index is 5.41. The van der Waals surface area contributed by atoms with Gasteiger partial charge in [0.2, 0.25) is 11.1 Å². The van der Waals surface area contributed by atoms with Crippen LogP contribution in [0.15, 0.2) is 0 Å². The molecule has 72 valence electrons. The van der Waals surface area contributed by atoms with E-state index in [1.54, 1.807) is 0 Å². The van der Waals surface area contributed by atoms with Gasteiger partial charge in [-0.3, -0.25) is 0 Å². The third kappa shape index (κ3) is 2.30. The zero-order valence-electron chi connectivity index (χ0n) is 7.49. The van der Waals surface area contributed by atoms with Crippen LogP contribution in [0.25, 0.3) is 0 Å². The Morgan fingerprint density at radius 3 is 2.85 bits per heavy atom. The molecule has 0 aromatic carbocycles. The molecule has 1 saturated carbocycles. The van der Waals surface area contributed by atoms with Crippen molar-refractivity contribution in [1.29, 1.82) is 0 Å². The molecule has 0 unspecified atom stereocenters. The van der Waals surface area contributed by atoms with Crippen molar-refractivity contribution < 1.29 is 0 Å². The molecule has 5 heteroatoms. The van der Waals surface area contributed by atoms with E-state index in [0.29, 0.717) is 5.95 Å². The number of aromatic nitrogens is 2. The highest BCUT2D eigenvalue weighted by atomic mass is 32.1. The van der Waals surface area contributed by atoms with Crippen LogP contribution in [0.5, 0.6) is 0 Å². The number of hydrogen-bond acceptors (Lipinski definition) is 5. The molecule has 0 spiro atoms. The minimum atomic E-state index is 0.374. The second-order valence-electron chi connectivity index (χ2n) is 3.49. The minimum Gasteiger partial charge on any atom is -0.367 e. The third-order valence-electron chi connectivity index (χ3n) is 2.46. The van der Waals surface area contributed by atoms with E-state index in [-0.39, 0.29) is 0 Å². The van der Waals surface area contributed by atoms with Gasteiger partial charge in [-0.25, -0.2) is 0 Å². The highest BCUT2D eigenvalue weighted by Gasteiger charge is 2.14. The zero-order valence-corrected chi connectivity index (χ0v) is 8.31. The Balaban J connectivity index is 1.78. The molecule has 0 aliphatic heterocycles. The summed E-state index contributed by atoms with van der Waals surface area (Å²) in [5.74, 6) is 1.20. The van der Waals surface area contributed by atoms with Gasteiger partial charge in [0.25, 0.3) is 0 Å². The Kier molecular flexibility index (Phi) is 2.63. The summed E-state index contributed by atoms with van der Waals surface area (Å²) in [7, 11) is 0. The smallest absolute Gasteiger partial charge is 0.233 e. The average molecular weight is 198 g/mol. The molecule has 3 N–H and O–H groups in total. The van der Waals surface area contributed by atoms with Gasteiger partial charge in [0.15, 0.2) is 0 Å². The van der Waals surface area contributed by atoms with Crippen LogP contribution in [-0.2, 0) is 0 Å². The lowest BCUT2D eigenvalue weighted by atomic mass is 10.1. The molecule has 1 aromatic rings. The van der Waals surface area contributed by atoms with Gasteiger partial charge >= 0.3 is 0 Å². The van der Waals surface area contributed by atoms with Crippen LogP contribution in [0.2, 0.25) is 0 Å². The van der Waals surface area contributed by atoms with Crippen molar-refractivity contribution in [3.05, 3.63) is 0 Å². The Bertz CT molecular complexity index is 267. The molecular weight excluding hydrogens is 184 g/mol. The molecule has 4 nitrogen and oxygen atoms in total. The summed E-state index contributed by atoms with van der Waals surface area (Å²) < 4.78 is 3.91. The first-order valence-corrected chi connectivity index (χ1v) is 5.45. The lowest BCUT2D eigenvalue weighted by Crippen LogP contribution is -2.10. The summed E-state index contributed by atoms with van der Waals surface area (Å²) in [5.41, 5.74) is 5.41. The monoisotopic (exact) mass is 198 g/mol. The Morgan fingerprint density at radius 2 is 2.23 bits per heavy atom. The highest BCUT2D eigenvalue weighted by Crippen LogP contribution is 2.25. The fourth-order valence-corrected chi connectivity index (χ4v) is 2.26. The highest BCUT2D eigenvalue weighted by molar-refractivity contribution is 7.09. The molecule has 1 aromatic heterocycles. The lowest BCUT2D eigenvalue weighted by molar-refractivity contribution is 0.580. The zero-order chi connectivity index (χ0) is 9.10. The van der Waals surface area contributed by atoms with Crippen LogP contribution >= 0.6 is 11.5 Å². The maximum Gasteiger partial charge on any atom is 0.233 e. The van der Waals surface area contributed by atoms with Crippen molar-refractivity contribution in [3.8, 4) is 0 Å². The first kappa shape index (κ1) is 8.74. The predicted molar refractivity (Wildman–Crippen MR) is 54.8 cm³/mol. The molecule has 1 aliphatic carbocycles. The van der Waals surface area contributed by atoms with Crippen LogP contribution in [0.4, 0.5) is 11.1 Å². The summed E-state index contributed by atoms with van der Waals surface area (Å²) in [5, 5.41) is 4.12. The minimum absolute atomic E-state index is 0.374.